The van der Waals surface area contributed by atoms with Crippen LogP contribution in [0.4, 0.5) is 10.1 Å². The lowest BCUT2D eigenvalue weighted by Crippen LogP contribution is -2.26. The van der Waals surface area contributed by atoms with Gasteiger partial charge in [-0.1, -0.05) is 6.92 Å². The number of hydrogen-bond acceptors (Lipinski definition) is 3. The second kappa shape index (κ2) is 8.12. The van der Waals surface area contributed by atoms with E-state index in [1.165, 1.54) is 6.07 Å². The normalized spacial score (nSPS) is 12.5. The lowest BCUT2D eigenvalue weighted by Gasteiger charge is -2.23. The van der Waals surface area contributed by atoms with Gasteiger partial charge in [0.1, 0.15) is 5.82 Å². The van der Waals surface area contributed by atoms with Crippen LogP contribution in [-0.2, 0) is 11.2 Å². The molecule has 0 aliphatic rings. The molecule has 19 heavy (non-hydrogen) atoms. The van der Waals surface area contributed by atoms with E-state index in [1.807, 2.05) is 27.0 Å². The fourth-order valence-corrected chi connectivity index (χ4v) is 1.98. The number of ether oxygens (including phenoxy) is 1. The first-order valence-electron chi connectivity index (χ1n) is 6.91. The quantitative estimate of drug-likeness (QED) is 0.736. The van der Waals surface area contributed by atoms with Crippen LogP contribution in [0.1, 0.15) is 25.8 Å². The first kappa shape index (κ1) is 15.9. The Hall–Kier alpha value is -1.13. The molecule has 1 aromatic rings. The third kappa shape index (κ3) is 5.17. The summed E-state index contributed by atoms with van der Waals surface area (Å²) in [5.74, 6) is -0.208. The lowest BCUT2D eigenvalue weighted by atomic mass is 10.0. The van der Waals surface area contributed by atoms with Gasteiger partial charge in [-0.3, -0.25) is 0 Å². The maximum Gasteiger partial charge on any atom is 0.123 e. The van der Waals surface area contributed by atoms with Gasteiger partial charge in [-0.25, -0.2) is 4.39 Å². The summed E-state index contributed by atoms with van der Waals surface area (Å²) >= 11 is 0. The fourth-order valence-electron chi connectivity index (χ4n) is 1.98. The van der Waals surface area contributed by atoms with Gasteiger partial charge in [-0.05, 0) is 43.5 Å². The molecule has 0 aliphatic carbocycles. The Balaban J connectivity index is 2.80. The van der Waals surface area contributed by atoms with Gasteiger partial charge in [0.2, 0.25) is 0 Å². The van der Waals surface area contributed by atoms with Crippen LogP contribution >= 0.6 is 0 Å². The van der Waals surface area contributed by atoms with Crippen LogP contribution < -0.4 is 10.6 Å². The zero-order chi connectivity index (χ0) is 14.3. The summed E-state index contributed by atoms with van der Waals surface area (Å²) in [6, 6.07) is 4.97. The molecule has 0 saturated heterocycles. The Labute approximate surface area is 115 Å². The van der Waals surface area contributed by atoms with Crippen molar-refractivity contribution in [3.05, 3.63) is 29.6 Å². The number of likely N-dealkylation sites (N-methyl/N-ethyl adjacent to an activating group) is 1. The third-order valence-electron chi connectivity index (χ3n) is 3.23. The average Bonchev–Trinajstić information content (AvgIpc) is 2.38. The summed E-state index contributed by atoms with van der Waals surface area (Å²) in [4.78, 5) is 2.09. The van der Waals surface area contributed by atoms with Gasteiger partial charge in [0, 0.05) is 31.9 Å². The number of halogens is 1. The number of benzene rings is 1. The molecule has 0 aliphatic heterocycles. The average molecular weight is 268 g/mol. The van der Waals surface area contributed by atoms with E-state index < -0.39 is 0 Å². The monoisotopic (exact) mass is 268 g/mol. The number of rotatable bonds is 8. The van der Waals surface area contributed by atoms with E-state index in [0.717, 1.165) is 24.2 Å². The van der Waals surface area contributed by atoms with Crippen molar-refractivity contribution in [1.29, 1.82) is 0 Å². The molecule has 0 heterocycles. The van der Waals surface area contributed by atoms with Crippen LogP contribution in [0.3, 0.4) is 0 Å². The van der Waals surface area contributed by atoms with Crippen molar-refractivity contribution in [3.8, 4) is 0 Å². The van der Waals surface area contributed by atoms with Crippen molar-refractivity contribution in [2.45, 2.75) is 32.7 Å². The smallest absolute Gasteiger partial charge is 0.123 e. The van der Waals surface area contributed by atoms with Crippen LogP contribution in [-0.4, -0.2) is 32.8 Å². The van der Waals surface area contributed by atoms with Crippen molar-refractivity contribution in [2.75, 3.05) is 31.7 Å². The van der Waals surface area contributed by atoms with Gasteiger partial charge in [-0.15, -0.1) is 0 Å². The van der Waals surface area contributed by atoms with Crippen molar-refractivity contribution in [1.82, 2.24) is 0 Å². The van der Waals surface area contributed by atoms with Crippen molar-refractivity contribution in [3.63, 3.8) is 0 Å². The van der Waals surface area contributed by atoms with Gasteiger partial charge >= 0.3 is 0 Å². The van der Waals surface area contributed by atoms with Crippen molar-refractivity contribution >= 4 is 5.69 Å². The Morgan fingerprint density at radius 1 is 1.37 bits per heavy atom. The standard InChI is InChI=1S/C15H25FN2O/c1-4-14(17)11-12-10-13(16)6-7-15(12)18(3)8-9-19-5-2/h6-7,10,14H,4-5,8-9,11,17H2,1-3H3. The molecule has 108 valence electrons. The van der Waals surface area contributed by atoms with Crippen LogP contribution in [0, 0.1) is 5.82 Å². The highest BCUT2D eigenvalue weighted by Gasteiger charge is 2.11. The Morgan fingerprint density at radius 2 is 2.11 bits per heavy atom. The maximum atomic E-state index is 13.4. The molecule has 4 heteroatoms. The van der Waals surface area contributed by atoms with Gasteiger partial charge in [0.05, 0.1) is 6.61 Å². The van der Waals surface area contributed by atoms with Crippen LogP contribution in [0.15, 0.2) is 18.2 Å². The number of nitrogens with zero attached hydrogens (tertiary/aromatic N) is 1. The molecule has 0 fully saturated rings. The van der Waals surface area contributed by atoms with E-state index in [4.69, 9.17) is 10.5 Å². The molecule has 0 spiro atoms. The van der Waals surface area contributed by atoms with E-state index in [2.05, 4.69) is 4.90 Å². The number of hydrogen-bond donors (Lipinski definition) is 1. The molecule has 1 unspecified atom stereocenters. The minimum absolute atomic E-state index is 0.0702. The molecule has 0 saturated carbocycles. The molecule has 0 amide bonds. The largest absolute Gasteiger partial charge is 0.380 e. The summed E-state index contributed by atoms with van der Waals surface area (Å²) in [5.41, 5.74) is 7.98. The number of nitrogens with two attached hydrogens (primary N) is 1. The molecule has 2 N–H and O–H groups in total. The molecular formula is C15H25FN2O. The highest BCUT2D eigenvalue weighted by Crippen LogP contribution is 2.22. The third-order valence-corrected chi connectivity index (χ3v) is 3.23. The zero-order valence-electron chi connectivity index (χ0n) is 12.2. The second-order valence-electron chi connectivity index (χ2n) is 4.76. The predicted molar refractivity (Wildman–Crippen MR) is 78.1 cm³/mol. The summed E-state index contributed by atoms with van der Waals surface area (Å²) in [5, 5.41) is 0. The summed E-state index contributed by atoms with van der Waals surface area (Å²) in [6.45, 7) is 6.19. The zero-order valence-corrected chi connectivity index (χ0v) is 12.2. The maximum absolute atomic E-state index is 13.4. The minimum atomic E-state index is -0.208. The summed E-state index contributed by atoms with van der Waals surface area (Å²) in [7, 11) is 1.99. The van der Waals surface area contributed by atoms with Crippen LogP contribution in [0.25, 0.3) is 0 Å². The SMILES string of the molecule is CCOCCN(C)c1ccc(F)cc1CC(N)CC. The first-order valence-corrected chi connectivity index (χ1v) is 6.91. The highest BCUT2D eigenvalue weighted by molar-refractivity contribution is 5.53. The molecule has 1 rings (SSSR count). The molecular weight excluding hydrogens is 243 g/mol. The molecule has 3 nitrogen and oxygen atoms in total. The Kier molecular flexibility index (Phi) is 6.81. The number of anilines is 1. The van der Waals surface area contributed by atoms with E-state index in [-0.39, 0.29) is 11.9 Å². The predicted octanol–water partition coefficient (Wildman–Crippen LogP) is 2.58. The molecule has 1 aromatic carbocycles. The fraction of sp³-hybridized carbons (Fsp3) is 0.600. The minimum Gasteiger partial charge on any atom is -0.380 e. The lowest BCUT2D eigenvalue weighted by molar-refractivity contribution is 0.154. The van der Waals surface area contributed by atoms with E-state index >= 15 is 0 Å². The molecule has 0 aromatic heterocycles. The van der Waals surface area contributed by atoms with Gasteiger partial charge in [0.25, 0.3) is 0 Å². The van der Waals surface area contributed by atoms with E-state index in [1.54, 1.807) is 6.07 Å². The summed E-state index contributed by atoms with van der Waals surface area (Å²) < 4.78 is 18.7. The van der Waals surface area contributed by atoms with Gasteiger partial charge in [0.15, 0.2) is 0 Å². The molecule has 1 atom stereocenters. The second-order valence-corrected chi connectivity index (χ2v) is 4.76. The molecule has 0 bridgehead atoms. The first-order chi connectivity index (χ1) is 9.08. The Morgan fingerprint density at radius 3 is 2.74 bits per heavy atom. The van der Waals surface area contributed by atoms with Crippen LogP contribution in [0.2, 0.25) is 0 Å². The van der Waals surface area contributed by atoms with E-state index in [0.29, 0.717) is 19.6 Å². The van der Waals surface area contributed by atoms with E-state index in [9.17, 15) is 4.39 Å². The van der Waals surface area contributed by atoms with Crippen molar-refractivity contribution in [2.24, 2.45) is 5.73 Å². The van der Waals surface area contributed by atoms with Gasteiger partial charge in [-0.2, -0.15) is 0 Å². The van der Waals surface area contributed by atoms with Crippen LogP contribution in [0.5, 0.6) is 0 Å². The molecule has 0 radical (unpaired) electrons. The Bertz CT molecular complexity index is 384. The van der Waals surface area contributed by atoms with Crippen molar-refractivity contribution < 1.29 is 9.13 Å². The van der Waals surface area contributed by atoms with Gasteiger partial charge < -0.3 is 15.4 Å². The highest BCUT2D eigenvalue weighted by atomic mass is 19.1. The summed E-state index contributed by atoms with van der Waals surface area (Å²) in [6.07, 6.45) is 1.58. The topological polar surface area (TPSA) is 38.5 Å².